The van der Waals surface area contributed by atoms with Gasteiger partial charge < -0.3 is 0 Å². The van der Waals surface area contributed by atoms with E-state index < -0.39 is 0 Å². The highest BCUT2D eigenvalue weighted by molar-refractivity contribution is 8.02. The van der Waals surface area contributed by atoms with Crippen molar-refractivity contribution < 1.29 is 0 Å². The van der Waals surface area contributed by atoms with Crippen molar-refractivity contribution in [1.29, 1.82) is 0 Å². The van der Waals surface area contributed by atoms with Crippen molar-refractivity contribution in [2.24, 2.45) is 0 Å². The molecule has 0 unspecified atom stereocenters. The van der Waals surface area contributed by atoms with Crippen LogP contribution in [0, 0.1) is 0 Å². The predicted octanol–water partition coefficient (Wildman–Crippen LogP) is 4.69. The molecule has 0 saturated carbocycles. The first kappa shape index (κ1) is 12.0. The van der Waals surface area contributed by atoms with E-state index in [0.29, 0.717) is 0 Å². The van der Waals surface area contributed by atoms with Crippen molar-refractivity contribution in [1.82, 2.24) is 0 Å². The van der Waals surface area contributed by atoms with E-state index >= 15 is 0 Å². The summed E-state index contributed by atoms with van der Waals surface area (Å²) >= 11 is 3.83. The second-order valence-electron chi connectivity index (χ2n) is 3.21. The molecule has 0 bridgehead atoms. The smallest absolute Gasteiger partial charge is 0.0208 e. The Hall–Kier alpha value is -0.0800. The van der Waals surface area contributed by atoms with Gasteiger partial charge in [-0.05, 0) is 30.6 Å². The van der Waals surface area contributed by atoms with E-state index in [9.17, 15) is 0 Å². The van der Waals surface area contributed by atoms with Gasteiger partial charge in [0, 0.05) is 9.79 Å². The van der Waals surface area contributed by atoms with Crippen LogP contribution in [0.25, 0.3) is 0 Å². The third-order valence-electron chi connectivity index (χ3n) is 2.07. The van der Waals surface area contributed by atoms with Crippen LogP contribution in [0.3, 0.4) is 0 Å². The van der Waals surface area contributed by atoms with Gasteiger partial charge in [0.2, 0.25) is 0 Å². The zero-order valence-corrected chi connectivity index (χ0v) is 10.6. The lowest BCUT2D eigenvalue weighted by molar-refractivity contribution is 0.778. The molecule has 0 aliphatic rings. The zero-order valence-electron chi connectivity index (χ0n) is 8.95. The molecule has 1 aromatic carbocycles. The molecule has 0 amide bonds. The van der Waals surface area contributed by atoms with Crippen molar-refractivity contribution >= 4 is 23.5 Å². The molecule has 0 aromatic heterocycles. The monoisotopic (exact) mass is 226 g/mol. The van der Waals surface area contributed by atoms with Crippen LogP contribution in [0.2, 0.25) is 0 Å². The first-order valence-corrected chi connectivity index (χ1v) is 7.35. The molecule has 14 heavy (non-hydrogen) atoms. The molecule has 1 rings (SSSR count). The van der Waals surface area contributed by atoms with Crippen molar-refractivity contribution in [3.63, 3.8) is 0 Å². The maximum atomic E-state index is 2.25. The van der Waals surface area contributed by atoms with Crippen molar-refractivity contribution in [3.05, 3.63) is 24.3 Å². The Kier molecular flexibility index (Phi) is 6.20. The molecular weight excluding hydrogens is 208 g/mol. The average molecular weight is 226 g/mol. The topological polar surface area (TPSA) is 0 Å². The van der Waals surface area contributed by atoms with Crippen LogP contribution in [-0.2, 0) is 0 Å². The van der Waals surface area contributed by atoms with Crippen LogP contribution in [0.5, 0.6) is 0 Å². The van der Waals surface area contributed by atoms with Crippen molar-refractivity contribution in [2.75, 3.05) is 12.0 Å². The lowest BCUT2D eigenvalue weighted by atomic mass is 10.3. The standard InChI is InChI=1S/C12H18S2/c1-3-4-7-10-14-12-9-6-5-8-11(12)13-2/h5-6,8-9H,3-4,7,10H2,1-2H3. The predicted molar refractivity (Wildman–Crippen MR) is 68.5 cm³/mol. The van der Waals surface area contributed by atoms with Gasteiger partial charge in [0.1, 0.15) is 0 Å². The Balaban J connectivity index is 2.41. The Morgan fingerprint density at radius 2 is 1.79 bits per heavy atom. The van der Waals surface area contributed by atoms with Crippen LogP contribution in [0.4, 0.5) is 0 Å². The highest BCUT2D eigenvalue weighted by Gasteiger charge is 1.99. The molecule has 0 fully saturated rings. The molecule has 1 aromatic rings. The molecule has 0 aliphatic heterocycles. The first-order valence-electron chi connectivity index (χ1n) is 5.14. The summed E-state index contributed by atoms with van der Waals surface area (Å²) in [5.74, 6) is 1.26. The summed E-state index contributed by atoms with van der Waals surface area (Å²) in [5, 5.41) is 0. The number of rotatable bonds is 6. The Morgan fingerprint density at radius 3 is 2.43 bits per heavy atom. The van der Waals surface area contributed by atoms with E-state index in [-0.39, 0.29) is 0 Å². The third-order valence-corrected chi connectivity index (χ3v) is 4.16. The summed E-state index contributed by atoms with van der Waals surface area (Å²) in [4.78, 5) is 2.85. The van der Waals surface area contributed by atoms with E-state index in [2.05, 4.69) is 37.4 Å². The summed E-state index contributed by atoms with van der Waals surface area (Å²) in [6, 6.07) is 8.67. The SMILES string of the molecule is CCCCCSc1ccccc1SC. The molecule has 0 saturated heterocycles. The second-order valence-corrected chi connectivity index (χ2v) is 5.19. The molecule has 0 radical (unpaired) electrons. The number of hydrogen-bond donors (Lipinski definition) is 0. The molecule has 0 N–H and O–H groups in total. The van der Waals surface area contributed by atoms with E-state index in [0.717, 1.165) is 0 Å². The normalized spacial score (nSPS) is 10.4. The fourth-order valence-corrected chi connectivity index (χ4v) is 3.14. The quantitative estimate of drug-likeness (QED) is 0.510. The van der Waals surface area contributed by atoms with Gasteiger partial charge in [0.25, 0.3) is 0 Å². The van der Waals surface area contributed by atoms with Crippen molar-refractivity contribution in [3.8, 4) is 0 Å². The minimum atomic E-state index is 1.26. The van der Waals surface area contributed by atoms with E-state index in [1.165, 1.54) is 34.8 Å². The van der Waals surface area contributed by atoms with Gasteiger partial charge >= 0.3 is 0 Å². The fourth-order valence-electron chi connectivity index (χ4n) is 1.27. The number of hydrogen-bond acceptors (Lipinski definition) is 2. The van der Waals surface area contributed by atoms with Crippen LogP contribution in [0.15, 0.2) is 34.1 Å². The Morgan fingerprint density at radius 1 is 1.07 bits per heavy atom. The van der Waals surface area contributed by atoms with Gasteiger partial charge in [0.05, 0.1) is 0 Å². The van der Waals surface area contributed by atoms with Gasteiger partial charge in [0.15, 0.2) is 0 Å². The maximum absolute atomic E-state index is 2.25. The van der Waals surface area contributed by atoms with Gasteiger partial charge in [-0.15, -0.1) is 23.5 Å². The van der Waals surface area contributed by atoms with E-state index in [1.54, 1.807) is 0 Å². The summed E-state index contributed by atoms with van der Waals surface area (Å²) < 4.78 is 0. The molecule has 0 heterocycles. The molecule has 0 aliphatic carbocycles. The second kappa shape index (κ2) is 7.24. The van der Waals surface area contributed by atoms with Crippen LogP contribution < -0.4 is 0 Å². The van der Waals surface area contributed by atoms with Gasteiger partial charge in [-0.3, -0.25) is 0 Å². The molecule has 78 valence electrons. The first-order chi connectivity index (χ1) is 6.88. The van der Waals surface area contributed by atoms with E-state index in [4.69, 9.17) is 0 Å². The minimum Gasteiger partial charge on any atom is -0.128 e. The van der Waals surface area contributed by atoms with E-state index in [1.807, 2.05) is 23.5 Å². The van der Waals surface area contributed by atoms with Crippen LogP contribution >= 0.6 is 23.5 Å². The Bertz CT molecular complexity index is 258. The van der Waals surface area contributed by atoms with Gasteiger partial charge in [-0.25, -0.2) is 0 Å². The minimum absolute atomic E-state index is 1.26. The molecular formula is C12H18S2. The summed E-state index contributed by atoms with van der Waals surface area (Å²) in [6.07, 6.45) is 6.15. The summed E-state index contributed by atoms with van der Waals surface area (Å²) in [6.45, 7) is 2.25. The fraction of sp³-hybridized carbons (Fsp3) is 0.500. The molecule has 0 spiro atoms. The van der Waals surface area contributed by atoms with Crippen LogP contribution in [0.1, 0.15) is 26.2 Å². The van der Waals surface area contributed by atoms with Gasteiger partial charge in [-0.2, -0.15) is 0 Å². The zero-order chi connectivity index (χ0) is 10.2. The Labute approximate surface area is 95.9 Å². The number of thioether (sulfide) groups is 2. The average Bonchev–Trinajstić information content (AvgIpc) is 2.25. The summed E-state index contributed by atoms with van der Waals surface area (Å²) in [5.41, 5.74) is 0. The lowest BCUT2D eigenvalue weighted by Gasteiger charge is -2.05. The highest BCUT2D eigenvalue weighted by Crippen LogP contribution is 2.29. The highest BCUT2D eigenvalue weighted by atomic mass is 32.2. The third kappa shape index (κ3) is 3.97. The summed E-state index contributed by atoms with van der Waals surface area (Å²) in [7, 11) is 0. The molecule has 0 atom stereocenters. The molecule has 0 nitrogen and oxygen atoms in total. The van der Waals surface area contributed by atoms with Crippen molar-refractivity contribution in [2.45, 2.75) is 36.0 Å². The number of unbranched alkanes of at least 4 members (excludes halogenated alkanes) is 2. The number of benzene rings is 1. The van der Waals surface area contributed by atoms with Crippen LogP contribution in [-0.4, -0.2) is 12.0 Å². The molecule has 2 heteroatoms. The largest absolute Gasteiger partial charge is 0.128 e. The maximum Gasteiger partial charge on any atom is 0.0208 e. The van der Waals surface area contributed by atoms with Gasteiger partial charge in [-0.1, -0.05) is 31.9 Å². The lowest BCUT2D eigenvalue weighted by Crippen LogP contribution is -1.82.